The van der Waals surface area contributed by atoms with Crippen molar-refractivity contribution < 1.29 is 4.79 Å². The lowest BCUT2D eigenvalue weighted by molar-refractivity contribution is -0.116. The molecule has 1 aliphatic heterocycles. The van der Waals surface area contributed by atoms with Gasteiger partial charge in [0.15, 0.2) is 0 Å². The van der Waals surface area contributed by atoms with Crippen molar-refractivity contribution in [3.63, 3.8) is 0 Å². The van der Waals surface area contributed by atoms with Crippen LogP contribution < -0.4 is 5.32 Å². The number of nitrogens with one attached hydrogen (secondary N) is 1. The second-order valence-corrected chi connectivity index (χ2v) is 8.53. The first-order valence-electron chi connectivity index (χ1n) is 10.4. The van der Waals surface area contributed by atoms with E-state index in [0.717, 1.165) is 37.4 Å². The summed E-state index contributed by atoms with van der Waals surface area (Å²) < 4.78 is 1.80. The fourth-order valence-electron chi connectivity index (χ4n) is 3.69. The highest BCUT2D eigenvalue weighted by Crippen LogP contribution is 2.22. The number of carbonyl (C=O) groups is 1. The number of benzene rings is 1. The molecule has 6 heteroatoms. The van der Waals surface area contributed by atoms with Crippen molar-refractivity contribution >= 4 is 23.6 Å². The van der Waals surface area contributed by atoms with E-state index in [4.69, 9.17) is 11.6 Å². The number of hydrogen-bond acceptors (Lipinski definition) is 3. The second-order valence-electron chi connectivity index (χ2n) is 8.17. The molecule has 3 rings (SSSR count). The zero-order valence-corrected chi connectivity index (χ0v) is 18.4. The number of amides is 1. The van der Waals surface area contributed by atoms with Gasteiger partial charge in [-0.25, -0.2) is 0 Å². The van der Waals surface area contributed by atoms with Gasteiger partial charge >= 0.3 is 0 Å². The fraction of sp³-hybridized carbons (Fsp3) is 0.478. The predicted octanol–water partition coefficient (Wildman–Crippen LogP) is 4.43. The van der Waals surface area contributed by atoms with Gasteiger partial charge in [-0.05, 0) is 56.0 Å². The fourth-order valence-corrected chi connectivity index (χ4v) is 4.00. The lowest BCUT2D eigenvalue weighted by atomic mass is 10.1. The van der Waals surface area contributed by atoms with Crippen LogP contribution in [0.25, 0.3) is 6.08 Å². The molecular formula is C23H31ClN4O. The van der Waals surface area contributed by atoms with Crippen molar-refractivity contribution in [3.05, 3.63) is 57.9 Å². The average molecular weight is 415 g/mol. The number of nitrogens with zero attached hydrogens (tertiary/aromatic N) is 3. The smallest absolute Gasteiger partial charge is 0.244 e. The van der Waals surface area contributed by atoms with Gasteiger partial charge in [-0.1, -0.05) is 49.7 Å². The Labute approximate surface area is 178 Å². The Morgan fingerprint density at radius 2 is 1.93 bits per heavy atom. The quantitative estimate of drug-likeness (QED) is 0.650. The molecule has 0 aliphatic carbocycles. The van der Waals surface area contributed by atoms with Crippen LogP contribution in [0.3, 0.4) is 0 Å². The third-order valence-electron chi connectivity index (χ3n) is 5.21. The van der Waals surface area contributed by atoms with Crippen molar-refractivity contribution in [1.29, 1.82) is 0 Å². The van der Waals surface area contributed by atoms with E-state index >= 15 is 0 Å². The minimum atomic E-state index is -0.131. The monoisotopic (exact) mass is 414 g/mol. The normalized spacial score (nSPS) is 14.9. The SMILES string of the molecule is Cc1nn(CC(C)C)c(Cl)c1/C=C/C(=O)NCc1ccccc1CN1CCCC1. The molecule has 1 aliphatic rings. The van der Waals surface area contributed by atoms with Gasteiger partial charge < -0.3 is 5.32 Å². The molecule has 1 fully saturated rings. The molecule has 0 unspecified atom stereocenters. The molecule has 2 aromatic rings. The van der Waals surface area contributed by atoms with Gasteiger partial charge in [-0.3, -0.25) is 14.4 Å². The maximum absolute atomic E-state index is 12.4. The summed E-state index contributed by atoms with van der Waals surface area (Å²) >= 11 is 6.44. The molecule has 0 spiro atoms. The molecular weight excluding hydrogens is 384 g/mol. The zero-order valence-electron chi connectivity index (χ0n) is 17.6. The number of hydrogen-bond donors (Lipinski definition) is 1. The Balaban J connectivity index is 1.60. The molecule has 1 aromatic carbocycles. The van der Waals surface area contributed by atoms with Crippen LogP contribution >= 0.6 is 11.6 Å². The van der Waals surface area contributed by atoms with Crippen LogP contribution in [-0.2, 0) is 24.4 Å². The molecule has 1 amide bonds. The number of aryl methyl sites for hydroxylation is 1. The summed E-state index contributed by atoms with van der Waals surface area (Å²) in [5, 5.41) is 8.06. The van der Waals surface area contributed by atoms with E-state index in [1.807, 2.05) is 13.0 Å². The predicted molar refractivity (Wildman–Crippen MR) is 119 cm³/mol. The summed E-state index contributed by atoms with van der Waals surface area (Å²) in [6.07, 6.45) is 5.85. The highest BCUT2D eigenvalue weighted by Gasteiger charge is 2.14. The van der Waals surface area contributed by atoms with E-state index in [-0.39, 0.29) is 5.91 Å². The summed E-state index contributed by atoms with van der Waals surface area (Å²) in [7, 11) is 0. The molecule has 1 aromatic heterocycles. The second kappa shape index (κ2) is 10.1. The Bertz CT molecular complexity index is 866. The summed E-state index contributed by atoms with van der Waals surface area (Å²) in [4.78, 5) is 14.8. The average Bonchev–Trinajstić information content (AvgIpc) is 3.28. The van der Waals surface area contributed by atoms with Crippen LogP contribution in [0.2, 0.25) is 5.15 Å². The van der Waals surface area contributed by atoms with Crippen LogP contribution in [0.15, 0.2) is 30.3 Å². The topological polar surface area (TPSA) is 50.2 Å². The number of aromatic nitrogens is 2. The van der Waals surface area contributed by atoms with E-state index in [2.05, 4.69) is 47.4 Å². The Kier molecular flexibility index (Phi) is 7.51. The first-order valence-corrected chi connectivity index (χ1v) is 10.8. The maximum atomic E-state index is 12.4. The molecule has 1 N–H and O–H groups in total. The van der Waals surface area contributed by atoms with Gasteiger partial charge in [0.25, 0.3) is 0 Å². The van der Waals surface area contributed by atoms with Gasteiger partial charge in [-0.2, -0.15) is 5.10 Å². The highest BCUT2D eigenvalue weighted by atomic mass is 35.5. The first-order chi connectivity index (χ1) is 13.9. The first kappa shape index (κ1) is 21.6. The van der Waals surface area contributed by atoms with Gasteiger partial charge in [0.05, 0.1) is 5.69 Å². The van der Waals surface area contributed by atoms with Crippen LogP contribution in [0.1, 0.15) is 49.1 Å². The van der Waals surface area contributed by atoms with Crippen LogP contribution in [0, 0.1) is 12.8 Å². The molecule has 5 nitrogen and oxygen atoms in total. The van der Waals surface area contributed by atoms with Crippen molar-refractivity contribution in [2.45, 2.75) is 53.2 Å². The van der Waals surface area contributed by atoms with Crippen molar-refractivity contribution in [1.82, 2.24) is 20.0 Å². The highest BCUT2D eigenvalue weighted by molar-refractivity contribution is 6.31. The van der Waals surface area contributed by atoms with Gasteiger partial charge in [0, 0.05) is 31.3 Å². The summed E-state index contributed by atoms with van der Waals surface area (Å²) in [6, 6.07) is 8.33. The minimum absolute atomic E-state index is 0.131. The van der Waals surface area contributed by atoms with Crippen LogP contribution in [0.5, 0.6) is 0 Å². The molecule has 2 heterocycles. The van der Waals surface area contributed by atoms with E-state index < -0.39 is 0 Å². The van der Waals surface area contributed by atoms with E-state index in [1.165, 1.54) is 24.0 Å². The van der Waals surface area contributed by atoms with E-state index in [0.29, 0.717) is 17.6 Å². The molecule has 0 atom stereocenters. The van der Waals surface area contributed by atoms with E-state index in [1.54, 1.807) is 16.8 Å². The molecule has 1 saturated heterocycles. The maximum Gasteiger partial charge on any atom is 0.244 e. The zero-order chi connectivity index (χ0) is 20.8. The molecule has 0 saturated carbocycles. The standard InChI is InChI=1S/C23H31ClN4O/c1-17(2)15-28-23(24)21(18(3)26-28)10-11-22(29)25-14-19-8-4-5-9-20(19)16-27-12-6-7-13-27/h4-5,8-11,17H,6-7,12-16H2,1-3H3,(H,25,29)/b11-10+. The third-order valence-corrected chi connectivity index (χ3v) is 5.61. The molecule has 0 bridgehead atoms. The van der Waals surface area contributed by atoms with Crippen LogP contribution in [0.4, 0.5) is 0 Å². The minimum Gasteiger partial charge on any atom is -0.348 e. The van der Waals surface area contributed by atoms with Crippen molar-refractivity contribution in [3.8, 4) is 0 Å². The van der Waals surface area contributed by atoms with E-state index in [9.17, 15) is 4.79 Å². The number of rotatable bonds is 8. The number of carbonyl (C=O) groups excluding carboxylic acids is 1. The molecule has 0 radical (unpaired) electrons. The summed E-state index contributed by atoms with van der Waals surface area (Å²) in [5.41, 5.74) is 4.08. The van der Waals surface area contributed by atoms with Gasteiger partial charge in [0.1, 0.15) is 5.15 Å². The lowest BCUT2D eigenvalue weighted by Crippen LogP contribution is -2.23. The molecule has 29 heavy (non-hydrogen) atoms. The Morgan fingerprint density at radius 1 is 1.24 bits per heavy atom. The Morgan fingerprint density at radius 3 is 2.62 bits per heavy atom. The van der Waals surface area contributed by atoms with Gasteiger partial charge in [0.2, 0.25) is 5.91 Å². The number of halogens is 1. The van der Waals surface area contributed by atoms with Crippen molar-refractivity contribution in [2.24, 2.45) is 5.92 Å². The van der Waals surface area contributed by atoms with Gasteiger partial charge in [-0.15, -0.1) is 0 Å². The third kappa shape index (κ3) is 5.94. The summed E-state index contributed by atoms with van der Waals surface area (Å²) in [5.74, 6) is 0.320. The largest absolute Gasteiger partial charge is 0.348 e. The van der Waals surface area contributed by atoms with Crippen molar-refractivity contribution in [2.75, 3.05) is 13.1 Å². The summed E-state index contributed by atoms with van der Waals surface area (Å²) in [6.45, 7) is 10.7. The lowest BCUT2D eigenvalue weighted by Gasteiger charge is -2.17. The molecule has 156 valence electrons. The van der Waals surface area contributed by atoms with Crippen LogP contribution in [-0.4, -0.2) is 33.7 Å². The Hall–Kier alpha value is -2.11. The number of likely N-dealkylation sites (tertiary alicyclic amines) is 1.